The Morgan fingerprint density at radius 1 is 1.00 bits per heavy atom. The number of hydrogen-bond donors (Lipinski definition) is 1. The van der Waals surface area contributed by atoms with E-state index in [-0.39, 0.29) is 6.42 Å². The van der Waals surface area contributed by atoms with Crippen molar-refractivity contribution in [1.29, 1.82) is 0 Å². The first-order valence-corrected chi connectivity index (χ1v) is 10.4. The highest BCUT2D eigenvalue weighted by atomic mass is 16.4. The van der Waals surface area contributed by atoms with E-state index in [1.165, 1.54) is 5.57 Å². The molecule has 1 aromatic heterocycles. The van der Waals surface area contributed by atoms with Gasteiger partial charge in [-0.3, -0.25) is 4.79 Å². The molecule has 0 saturated carbocycles. The molecule has 2 aromatic carbocycles. The highest BCUT2D eigenvalue weighted by molar-refractivity contribution is 5.67. The van der Waals surface area contributed by atoms with E-state index in [1.54, 1.807) is 0 Å². The summed E-state index contributed by atoms with van der Waals surface area (Å²) >= 11 is 0. The van der Waals surface area contributed by atoms with Crippen molar-refractivity contribution >= 4 is 5.97 Å². The molecule has 4 rings (SSSR count). The lowest BCUT2D eigenvalue weighted by Crippen LogP contribution is -2.37. The molecule has 1 aliphatic carbocycles. The third-order valence-electron chi connectivity index (χ3n) is 5.66. The van der Waals surface area contributed by atoms with Crippen LogP contribution in [0.1, 0.15) is 42.5 Å². The number of carboxylic acid groups (broad SMARTS) is 1. The number of carbonyl (C=O) groups is 1. The molecule has 0 fully saturated rings. The first-order valence-electron chi connectivity index (χ1n) is 10.4. The number of imidazole rings is 1. The van der Waals surface area contributed by atoms with Crippen molar-refractivity contribution in [3.05, 3.63) is 114 Å². The number of aryl methyl sites for hydroxylation is 1. The van der Waals surface area contributed by atoms with E-state index in [4.69, 9.17) is 5.11 Å². The fraction of sp³-hybridized carbons (Fsp3) is 0.231. The Labute approximate surface area is 177 Å². The molecule has 0 atom stereocenters. The molecule has 1 N–H and O–H groups in total. The van der Waals surface area contributed by atoms with Gasteiger partial charge in [-0.05, 0) is 36.0 Å². The van der Waals surface area contributed by atoms with Gasteiger partial charge < -0.3 is 9.67 Å². The van der Waals surface area contributed by atoms with Crippen molar-refractivity contribution in [3.8, 4) is 0 Å². The quantitative estimate of drug-likeness (QED) is 0.583. The van der Waals surface area contributed by atoms with Crippen LogP contribution in [0, 0.1) is 0 Å². The number of benzene rings is 2. The van der Waals surface area contributed by atoms with Gasteiger partial charge in [-0.25, -0.2) is 4.98 Å². The normalized spacial score (nSPS) is 14.2. The average molecular weight is 399 g/mol. The fourth-order valence-electron chi connectivity index (χ4n) is 4.26. The predicted molar refractivity (Wildman–Crippen MR) is 118 cm³/mol. The van der Waals surface area contributed by atoms with Crippen molar-refractivity contribution in [1.82, 2.24) is 9.55 Å². The first kappa shape index (κ1) is 19.9. The maximum absolute atomic E-state index is 11.1. The van der Waals surface area contributed by atoms with Crippen LogP contribution in [-0.4, -0.2) is 20.6 Å². The van der Waals surface area contributed by atoms with Gasteiger partial charge in [0.2, 0.25) is 0 Å². The third kappa shape index (κ3) is 3.86. The Hall–Kier alpha value is -3.40. The summed E-state index contributed by atoms with van der Waals surface area (Å²) in [5, 5.41) is 9.08. The molecule has 1 aliphatic rings. The minimum absolute atomic E-state index is 0.0727. The molecule has 0 amide bonds. The average Bonchev–Trinajstić information content (AvgIpc) is 3.09. The summed E-state index contributed by atoms with van der Waals surface area (Å²) < 4.78 is 2.15. The largest absolute Gasteiger partial charge is 0.481 e. The topological polar surface area (TPSA) is 55.1 Å². The number of carboxylic acids is 1. The fourth-order valence-corrected chi connectivity index (χ4v) is 4.26. The molecule has 4 heteroatoms. The molecule has 0 saturated heterocycles. The van der Waals surface area contributed by atoms with Crippen molar-refractivity contribution in [2.75, 3.05) is 0 Å². The summed E-state index contributed by atoms with van der Waals surface area (Å²) in [7, 11) is 0. The first-order chi connectivity index (χ1) is 14.7. The van der Waals surface area contributed by atoms with Gasteiger partial charge in [-0.2, -0.15) is 0 Å². The second-order valence-electron chi connectivity index (χ2n) is 7.60. The van der Waals surface area contributed by atoms with E-state index in [1.807, 2.05) is 24.7 Å². The molecule has 30 heavy (non-hydrogen) atoms. The smallest absolute Gasteiger partial charge is 0.303 e. The molecular weight excluding hydrogens is 372 g/mol. The number of rotatable bonds is 7. The van der Waals surface area contributed by atoms with Gasteiger partial charge in [-0.15, -0.1) is 0 Å². The van der Waals surface area contributed by atoms with Crippen LogP contribution in [0.15, 0.2) is 97.0 Å². The van der Waals surface area contributed by atoms with Crippen molar-refractivity contribution in [2.45, 2.75) is 37.6 Å². The summed E-state index contributed by atoms with van der Waals surface area (Å²) in [5.41, 5.74) is 3.72. The lowest BCUT2D eigenvalue weighted by molar-refractivity contribution is -0.136. The van der Waals surface area contributed by atoms with Gasteiger partial charge in [-0.1, -0.05) is 78.9 Å². The maximum atomic E-state index is 11.1. The molecule has 4 nitrogen and oxygen atoms in total. The molecule has 1 heterocycles. The van der Waals surface area contributed by atoms with Gasteiger partial charge in [0.15, 0.2) is 0 Å². The minimum Gasteiger partial charge on any atom is -0.481 e. The Morgan fingerprint density at radius 3 is 2.30 bits per heavy atom. The minimum atomic E-state index is -0.809. The van der Waals surface area contributed by atoms with Crippen LogP contribution in [-0.2, 0) is 16.8 Å². The van der Waals surface area contributed by atoms with E-state index in [9.17, 15) is 4.79 Å². The number of aliphatic carboxylic acids is 1. The molecule has 0 spiro atoms. The Morgan fingerprint density at radius 2 is 1.67 bits per heavy atom. The monoisotopic (exact) mass is 398 g/mol. The van der Waals surface area contributed by atoms with Crippen LogP contribution in [0.4, 0.5) is 0 Å². The van der Waals surface area contributed by atoms with Crippen LogP contribution in [0.2, 0.25) is 0 Å². The molecule has 3 aromatic rings. The van der Waals surface area contributed by atoms with Gasteiger partial charge in [0.1, 0.15) is 5.54 Å². The summed E-state index contributed by atoms with van der Waals surface area (Å²) in [6.45, 7) is 0. The number of nitrogens with zero attached hydrogens (tertiary/aromatic N) is 2. The van der Waals surface area contributed by atoms with Crippen molar-refractivity contribution < 1.29 is 9.90 Å². The second kappa shape index (κ2) is 8.95. The second-order valence-corrected chi connectivity index (χ2v) is 7.60. The summed E-state index contributed by atoms with van der Waals surface area (Å²) in [5.74, 6) is -0.809. The number of hydrogen-bond acceptors (Lipinski definition) is 2. The predicted octanol–water partition coefficient (Wildman–Crippen LogP) is 5.36. The van der Waals surface area contributed by atoms with Crippen molar-refractivity contribution in [3.63, 3.8) is 0 Å². The lowest BCUT2D eigenvalue weighted by Gasteiger charge is -2.38. The summed E-state index contributed by atoms with van der Waals surface area (Å²) in [6, 6.07) is 20.9. The van der Waals surface area contributed by atoms with Crippen LogP contribution in [0.3, 0.4) is 0 Å². The van der Waals surface area contributed by atoms with E-state index in [0.717, 1.165) is 36.1 Å². The summed E-state index contributed by atoms with van der Waals surface area (Å²) in [4.78, 5) is 15.6. The van der Waals surface area contributed by atoms with E-state index < -0.39 is 11.5 Å². The van der Waals surface area contributed by atoms with Crippen LogP contribution in [0.5, 0.6) is 0 Å². The van der Waals surface area contributed by atoms with Gasteiger partial charge in [0, 0.05) is 12.6 Å². The Bertz CT molecular complexity index is 1010. The molecule has 0 unspecified atom stereocenters. The van der Waals surface area contributed by atoms with Crippen LogP contribution < -0.4 is 0 Å². The maximum Gasteiger partial charge on any atom is 0.303 e. The standard InChI is InChI=1S/C26H26N2O2/c29-25(30)18-17-24-19-28(20-27-24)26(22-13-7-3-8-14-22,23-15-9-4-10-16-23)21-11-5-1-2-6-12-21/h3-5,7-16,19-20H,1-2,6,17-18H2,(H,29,30). The van der Waals surface area contributed by atoms with Crippen molar-refractivity contribution in [2.24, 2.45) is 0 Å². The molecule has 0 bridgehead atoms. The van der Waals surface area contributed by atoms with Gasteiger partial charge in [0.25, 0.3) is 0 Å². The molecule has 152 valence electrons. The summed E-state index contributed by atoms with van der Waals surface area (Å²) in [6.07, 6.45) is 14.4. The zero-order chi connectivity index (χ0) is 20.8. The zero-order valence-corrected chi connectivity index (χ0v) is 16.9. The molecule has 0 radical (unpaired) electrons. The highest BCUT2D eigenvalue weighted by Gasteiger charge is 2.39. The third-order valence-corrected chi connectivity index (χ3v) is 5.66. The van der Waals surface area contributed by atoms with Gasteiger partial charge >= 0.3 is 5.97 Å². The number of allylic oxidation sites excluding steroid dienone is 4. The Balaban J connectivity index is 1.96. The van der Waals surface area contributed by atoms with Gasteiger partial charge in [0.05, 0.1) is 18.4 Å². The highest BCUT2D eigenvalue weighted by Crippen LogP contribution is 2.42. The SMILES string of the molecule is O=C(O)CCc1cn(C(C2=CCCCC=C2)(c2ccccc2)c2ccccc2)cn1. The molecule has 0 aliphatic heterocycles. The van der Waals surface area contributed by atoms with E-state index >= 15 is 0 Å². The number of aromatic nitrogens is 2. The van der Waals surface area contributed by atoms with Crippen LogP contribution in [0.25, 0.3) is 0 Å². The molecular formula is C26H26N2O2. The van der Waals surface area contributed by atoms with Crippen LogP contribution >= 0.6 is 0 Å². The Kier molecular flexibility index (Phi) is 5.94. The van der Waals surface area contributed by atoms with E-state index in [0.29, 0.717) is 6.42 Å². The van der Waals surface area contributed by atoms with E-state index in [2.05, 4.69) is 76.3 Å². The lowest BCUT2D eigenvalue weighted by atomic mass is 9.76. The zero-order valence-electron chi connectivity index (χ0n) is 16.9.